The molecule has 1 aromatic heterocycles. The van der Waals surface area contributed by atoms with Crippen LogP contribution in [-0.2, 0) is 6.54 Å². The summed E-state index contributed by atoms with van der Waals surface area (Å²) in [5, 5.41) is 4.60. The third-order valence-corrected chi connectivity index (χ3v) is 3.90. The van der Waals surface area contributed by atoms with Gasteiger partial charge in [0.1, 0.15) is 5.69 Å². The number of aromatic nitrogens is 2. The van der Waals surface area contributed by atoms with Gasteiger partial charge < -0.3 is 5.73 Å². The summed E-state index contributed by atoms with van der Waals surface area (Å²) in [5.74, 6) is 0.0715. The molecule has 0 aliphatic heterocycles. The molecule has 1 aliphatic rings. The van der Waals surface area contributed by atoms with Gasteiger partial charge in [-0.1, -0.05) is 24.9 Å². The van der Waals surface area contributed by atoms with E-state index in [0.29, 0.717) is 23.8 Å². The fourth-order valence-corrected chi connectivity index (χ4v) is 2.58. The van der Waals surface area contributed by atoms with E-state index in [1.54, 1.807) is 10.9 Å². The summed E-state index contributed by atoms with van der Waals surface area (Å²) in [7, 11) is 0. The Balaban J connectivity index is 2.32. The summed E-state index contributed by atoms with van der Waals surface area (Å²) in [6.45, 7) is 3.17. The Morgan fingerprint density at radius 1 is 1.65 bits per heavy atom. The van der Waals surface area contributed by atoms with Crippen LogP contribution in [0.1, 0.15) is 43.1 Å². The minimum Gasteiger partial charge on any atom is -0.329 e. The van der Waals surface area contributed by atoms with E-state index < -0.39 is 0 Å². The zero-order valence-electron chi connectivity index (χ0n) is 10.1. The van der Waals surface area contributed by atoms with E-state index in [2.05, 4.69) is 5.10 Å². The van der Waals surface area contributed by atoms with Crippen LogP contribution >= 0.6 is 11.6 Å². The third kappa shape index (κ3) is 2.00. The Morgan fingerprint density at radius 3 is 2.82 bits per heavy atom. The van der Waals surface area contributed by atoms with Crippen molar-refractivity contribution in [2.45, 2.75) is 39.2 Å². The number of halogens is 1. The summed E-state index contributed by atoms with van der Waals surface area (Å²) in [4.78, 5) is 12.5. The van der Waals surface area contributed by atoms with E-state index in [9.17, 15) is 4.79 Å². The fraction of sp³-hybridized carbons (Fsp3) is 0.667. The first-order valence-electron chi connectivity index (χ1n) is 6.11. The number of nitrogens with zero attached hydrogens (tertiary/aromatic N) is 2. The molecule has 0 spiro atoms. The Morgan fingerprint density at radius 2 is 2.35 bits per heavy atom. The van der Waals surface area contributed by atoms with Gasteiger partial charge in [0, 0.05) is 18.5 Å². The largest absolute Gasteiger partial charge is 0.329 e. The standard InChI is InChI=1S/C12H18ClN3O/c1-2-6-16-10(9(13)7-15-16)11(17)12(8-14)4-3-5-12/h7H,2-6,8,14H2,1H3. The minimum absolute atomic E-state index is 0.0715. The minimum atomic E-state index is -0.380. The average molecular weight is 256 g/mol. The van der Waals surface area contributed by atoms with Gasteiger partial charge in [-0.15, -0.1) is 0 Å². The number of nitrogens with two attached hydrogens (primary N) is 1. The molecule has 4 nitrogen and oxygen atoms in total. The first-order valence-corrected chi connectivity index (χ1v) is 6.48. The second-order valence-electron chi connectivity index (χ2n) is 4.73. The molecule has 0 atom stereocenters. The third-order valence-electron chi connectivity index (χ3n) is 3.63. The smallest absolute Gasteiger partial charge is 0.189 e. The van der Waals surface area contributed by atoms with Gasteiger partial charge in [0.05, 0.1) is 11.2 Å². The monoisotopic (exact) mass is 255 g/mol. The molecule has 0 unspecified atom stereocenters. The lowest BCUT2D eigenvalue weighted by Crippen LogP contribution is -2.45. The molecule has 5 heteroatoms. The maximum absolute atomic E-state index is 12.5. The summed E-state index contributed by atoms with van der Waals surface area (Å²) in [6.07, 6.45) is 5.29. The van der Waals surface area contributed by atoms with E-state index in [1.807, 2.05) is 6.92 Å². The zero-order chi connectivity index (χ0) is 12.5. The van der Waals surface area contributed by atoms with Gasteiger partial charge >= 0.3 is 0 Å². The van der Waals surface area contributed by atoms with Crippen molar-refractivity contribution in [3.8, 4) is 0 Å². The van der Waals surface area contributed by atoms with Crippen molar-refractivity contribution in [3.05, 3.63) is 16.9 Å². The highest BCUT2D eigenvalue weighted by atomic mass is 35.5. The van der Waals surface area contributed by atoms with Crippen molar-refractivity contribution in [2.75, 3.05) is 6.54 Å². The predicted molar refractivity (Wildman–Crippen MR) is 67.2 cm³/mol. The topological polar surface area (TPSA) is 60.9 Å². The van der Waals surface area contributed by atoms with Crippen LogP contribution in [0.4, 0.5) is 0 Å². The quantitative estimate of drug-likeness (QED) is 0.821. The molecule has 2 rings (SSSR count). The Labute approximate surface area is 106 Å². The van der Waals surface area contributed by atoms with Crippen molar-refractivity contribution in [3.63, 3.8) is 0 Å². The molecule has 17 heavy (non-hydrogen) atoms. The number of rotatable bonds is 5. The molecular weight excluding hydrogens is 238 g/mol. The van der Waals surface area contributed by atoms with E-state index in [4.69, 9.17) is 17.3 Å². The first-order chi connectivity index (χ1) is 8.14. The zero-order valence-corrected chi connectivity index (χ0v) is 10.8. The van der Waals surface area contributed by atoms with Gasteiger partial charge in [-0.2, -0.15) is 5.10 Å². The van der Waals surface area contributed by atoms with Gasteiger partial charge in [-0.25, -0.2) is 0 Å². The second-order valence-corrected chi connectivity index (χ2v) is 5.14. The highest BCUT2D eigenvalue weighted by Gasteiger charge is 2.44. The predicted octanol–water partition coefficient (Wildman–Crippen LogP) is 2.26. The number of carbonyl (C=O) groups excluding carboxylic acids is 1. The Kier molecular flexibility index (Phi) is 3.54. The number of hydrogen-bond donors (Lipinski definition) is 1. The molecule has 0 saturated heterocycles. The van der Waals surface area contributed by atoms with E-state index in [1.165, 1.54) is 0 Å². The highest BCUT2D eigenvalue weighted by molar-refractivity contribution is 6.33. The summed E-state index contributed by atoms with van der Waals surface area (Å²) < 4.78 is 1.71. The molecular formula is C12H18ClN3O. The van der Waals surface area contributed by atoms with E-state index >= 15 is 0 Å². The van der Waals surface area contributed by atoms with Crippen molar-refractivity contribution in [1.82, 2.24) is 9.78 Å². The van der Waals surface area contributed by atoms with Gasteiger partial charge in [0.2, 0.25) is 0 Å². The second kappa shape index (κ2) is 4.78. The molecule has 1 aliphatic carbocycles. The molecule has 0 bridgehead atoms. The van der Waals surface area contributed by atoms with Crippen LogP contribution in [0.25, 0.3) is 0 Å². The SMILES string of the molecule is CCCn1ncc(Cl)c1C(=O)C1(CN)CCC1. The van der Waals surface area contributed by atoms with Crippen LogP contribution in [-0.4, -0.2) is 22.1 Å². The van der Waals surface area contributed by atoms with E-state index in [0.717, 1.165) is 25.7 Å². The molecule has 0 aromatic carbocycles. The van der Waals surface area contributed by atoms with Crippen LogP contribution in [0.15, 0.2) is 6.20 Å². The highest BCUT2D eigenvalue weighted by Crippen LogP contribution is 2.43. The first kappa shape index (κ1) is 12.6. The van der Waals surface area contributed by atoms with Crippen LogP contribution in [0, 0.1) is 5.41 Å². The summed E-state index contributed by atoms with van der Waals surface area (Å²) >= 11 is 6.07. The molecule has 1 saturated carbocycles. The average Bonchev–Trinajstić information content (AvgIpc) is 2.59. The maximum Gasteiger partial charge on any atom is 0.189 e. The van der Waals surface area contributed by atoms with Crippen molar-refractivity contribution in [2.24, 2.45) is 11.1 Å². The fourth-order valence-electron chi connectivity index (χ4n) is 2.35. The summed E-state index contributed by atoms with van der Waals surface area (Å²) in [6, 6.07) is 0. The van der Waals surface area contributed by atoms with Gasteiger partial charge in [0.25, 0.3) is 0 Å². The maximum atomic E-state index is 12.5. The molecule has 1 aromatic rings. The van der Waals surface area contributed by atoms with Gasteiger partial charge in [-0.05, 0) is 19.3 Å². The lowest BCUT2D eigenvalue weighted by atomic mass is 9.65. The van der Waals surface area contributed by atoms with Gasteiger partial charge in [-0.3, -0.25) is 9.48 Å². The number of carbonyl (C=O) groups is 1. The molecule has 94 valence electrons. The van der Waals surface area contributed by atoms with Gasteiger partial charge in [0.15, 0.2) is 5.78 Å². The normalized spacial score (nSPS) is 17.8. The van der Waals surface area contributed by atoms with Crippen LogP contribution in [0.5, 0.6) is 0 Å². The molecule has 0 radical (unpaired) electrons. The number of aryl methyl sites for hydroxylation is 1. The lowest BCUT2D eigenvalue weighted by Gasteiger charge is -2.39. The van der Waals surface area contributed by atoms with Crippen molar-refractivity contribution >= 4 is 17.4 Å². The number of hydrogen-bond acceptors (Lipinski definition) is 3. The molecule has 1 fully saturated rings. The van der Waals surface area contributed by atoms with Crippen molar-refractivity contribution < 1.29 is 4.79 Å². The Hall–Kier alpha value is -0.870. The van der Waals surface area contributed by atoms with E-state index in [-0.39, 0.29) is 11.2 Å². The summed E-state index contributed by atoms with van der Waals surface area (Å²) in [5.41, 5.74) is 5.92. The Bertz CT molecular complexity index is 418. The van der Waals surface area contributed by atoms with Crippen LogP contribution in [0.2, 0.25) is 5.02 Å². The van der Waals surface area contributed by atoms with Crippen LogP contribution in [0.3, 0.4) is 0 Å². The van der Waals surface area contributed by atoms with Crippen LogP contribution < -0.4 is 5.73 Å². The number of Topliss-reactive ketones (excluding diaryl/α,β-unsaturated/α-hetero) is 1. The van der Waals surface area contributed by atoms with Crippen molar-refractivity contribution in [1.29, 1.82) is 0 Å². The molecule has 1 heterocycles. The number of ketones is 1. The molecule has 2 N–H and O–H groups in total. The lowest BCUT2D eigenvalue weighted by molar-refractivity contribution is 0.0623. The molecule has 0 amide bonds.